The Morgan fingerprint density at radius 1 is 1.27 bits per heavy atom. The van der Waals surface area contributed by atoms with Crippen molar-refractivity contribution in [1.29, 1.82) is 0 Å². The lowest BCUT2D eigenvalue weighted by atomic mass is 9.90. The van der Waals surface area contributed by atoms with Crippen molar-refractivity contribution in [1.82, 2.24) is 9.88 Å². The Balaban J connectivity index is 1.76. The van der Waals surface area contributed by atoms with Crippen molar-refractivity contribution in [2.45, 2.75) is 49.7 Å². The van der Waals surface area contributed by atoms with Gasteiger partial charge in [-0.3, -0.25) is 0 Å². The maximum absolute atomic E-state index is 11.6. The molecule has 1 unspecified atom stereocenters. The summed E-state index contributed by atoms with van der Waals surface area (Å²) >= 11 is 0. The van der Waals surface area contributed by atoms with Gasteiger partial charge in [0.1, 0.15) is 5.82 Å². The molecule has 1 amide bonds. The molecule has 9 heteroatoms. The number of rotatable bonds is 7. The summed E-state index contributed by atoms with van der Waals surface area (Å²) in [7, 11) is -3.89. The highest BCUT2D eigenvalue weighted by atomic mass is 32.2. The molecule has 30 heavy (non-hydrogen) atoms. The van der Waals surface area contributed by atoms with E-state index in [4.69, 9.17) is 5.14 Å². The Morgan fingerprint density at radius 2 is 1.97 bits per heavy atom. The van der Waals surface area contributed by atoms with Gasteiger partial charge in [-0.25, -0.2) is 23.3 Å². The highest BCUT2D eigenvalue weighted by Crippen LogP contribution is 2.36. The number of pyridine rings is 1. The Morgan fingerprint density at radius 3 is 2.57 bits per heavy atom. The molecular weight excluding hydrogens is 404 g/mol. The van der Waals surface area contributed by atoms with Crippen LogP contribution in [0.4, 0.5) is 10.6 Å². The number of nitrogens with two attached hydrogens (primary N) is 1. The smallest absolute Gasteiger partial charge is 0.407 e. The number of sulfonamides is 1. The highest BCUT2D eigenvalue weighted by molar-refractivity contribution is 7.89. The first kappa shape index (κ1) is 22.0. The monoisotopic (exact) mass is 432 g/mol. The van der Waals surface area contributed by atoms with Crippen molar-refractivity contribution in [3.8, 4) is 0 Å². The fourth-order valence-electron chi connectivity index (χ4n) is 4.16. The average Bonchev–Trinajstić information content (AvgIpc) is 3.00. The third kappa shape index (κ3) is 5.28. The Kier molecular flexibility index (Phi) is 6.33. The van der Waals surface area contributed by atoms with Gasteiger partial charge in [-0.1, -0.05) is 36.4 Å². The third-order valence-electron chi connectivity index (χ3n) is 5.59. The number of aromatic nitrogens is 1. The fraction of sp³-hybridized carbons (Fsp3) is 0.429. The second-order valence-corrected chi connectivity index (χ2v) is 9.88. The summed E-state index contributed by atoms with van der Waals surface area (Å²) in [6.45, 7) is 4.43. The summed E-state index contributed by atoms with van der Waals surface area (Å²) in [5.74, 6) is 0.683. The molecule has 2 atom stereocenters. The van der Waals surface area contributed by atoms with Crippen molar-refractivity contribution in [3.05, 3.63) is 54.1 Å². The summed E-state index contributed by atoms with van der Waals surface area (Å²) in [5.41, 5.74) is 0.671. The number of amides is 1. The molecule has 8 nitrogen and oxygen atoms in total. The SMILES string of the molecule is CC1(C)C[C@H](CCC(Nc2cccc(S(N)(=O)=O)n2)c2ccccc2)CN1C(=O)O. The molecule has 2 heterocycles. The van der Waals surface area contributed by atoms with Crippen LogP contribution in [0.3, 0.4) is 0 Å². The minimum atomic E-state index is -3.89. The number of nitrogens with zero attached hydrogens (tertiary/aromatic N) is 2. The Hall–Kier alpha value is -2.65. The average molecular weight is 433 g/mol. The molecule has 1 aromatic heterocycles. The van der Waals surface area contributed by atoms with E-state index in [0.29, 0.717) is 12.4 Å². The maximum atomic E-state index is 11.6. The molecule has 0 radical (unpaired) electrons. The van der Waals surface area contributed by atoms with Crippen molar-refractivity contribution < 1.29 is 18.3 Å². The second kappa shape index (κ2) is 8.61. The molecule has 1 aromatic carbocycles. The van der Waals surface area contributed by atoms with Crippen LogP contribution < -0.4 is 10.5 Å². The molecule has 0 spiro atoms. The fourth-order valence-corrected chi connectivity index (χ4v) is 4.65. The summed E-state index contributed by atoms with van der Waals surface area (Å²) in [6.07, 6.45) is 1.50. The third-order valence-corrected chi connectivity index (χ3v) is 6.40. The predicted octanol–water partition coefficient (Wildman–Crippen LogP) is 3.44. The first-order valence-electron chi connectivity index (χ1n) is 9.88. The Labute approximate surface area is 177 Å². The molecule has 1 aliphatic rings. The number of carboxylic acid groups (broad SMARTS) is 1. The number of anilines is 1. The highest BCUT2D eigenvalue weighted by Gasteiger charge is 2.41. The molecule has 3 rings (SSSR count). The zero-order valence-electron chi connectivity index (χ0n) is 17.2. The van der Waals surface area contributed by atoms with Crippen LogP contribution in [0.2, 0.25) is 0 Å². The molecule has 2 aromatic rings. The van der Waals surface area contributed by atoms with Crippen LogP contribution in [0, 0.1) is 5.92 Å². The van der Waals surface area contributed by atoms with Gasteiger partial charge in [-0.15, -0.1) is 0 Å². The van der Waals surface area contributed by atoms with Crippen LogP contribution in [0.25, 0.3) is 0 Å². The van der Waals surface area contributed by atoms with Gasteiger partial charge in [0.25, 0.3) is 10.0 Å². The van der Waals surface area contributed by atoms with E-state index in [-0.39, 0.29) is 22.5 Å². The van der Waals surface area contributed by atoms with E-state index in [1.807, 2.05) is 44.2 Å². The summed E-state index contributed by atoms with van der Waals surface area (Å²) in [6, 6.07) is 14.4. The lowest BCUT2D eigenvalue weighted by Crippen LogP contribution is -2.41. The Bertz CT molecular complexity index is 995. The van der Waals surface area contributed by atoms with Crippen LogP contribution in [0.1, 0.15) is 44.7 Å². The van der Waals surface area contributed by atoms with Gasteiger partial charge in [0, 0.05) is 12.1 Å². The number of hydrogen-bond donors (Lipinski definition) is 3. The normalized spacial score (nSPS) is 19.4. The molecule has 4 N–H and O–H groups in total. The number of carbonyl (C=O) groups is 1. The zero-order chi connectivity index (χ0) is 21.9. The molecule has 1 fully saturated rings. The van der Waals surface area contributed by atoms with Crippen LogP contribution in [-0.4, -0.2) is 41.6 Å². The number of primary sulfonamides is 1. The number of nitrogens with one attached hydrogen (secondary N) is 1. The molecular formula is C21H28N4O4S. The van der Waals surface area contributed by atoms with E-state index in [0.717, 1.165) is 24.8 Å². The van der Waals surface area contributed by atoms with Crippen LogP contribution in [0.5, 0.6) is 0 Å². The minimum absolute atomic E-state index is 0.101. The van der Waals surface area contributed by atoms with Gasteiger partial charge in [0.05, 0.1) is 6.04 Å². The predicted molar refractivity (Wildman–Crippen MR) is 115 cm³/mol. The molecule has 0 bridgehead atoms. The van der Waals surface area contributed by atoms with Crippen molar-refractivity contribution in [3.63, 3.8) is 0 Å². The lowest BCUT2D eigenvalue weighted by Gasteiger charge is -2.28. The topological polar surface area (TPSA) is 126 Å². The van der Waals surface area contributed by atoms with E-state index in [2.05, 4.69) is 10.3 Å². The first-order valence-corrected chi connectivity index (χ1v) is 11.4. The van der Waals surface area contributed by atoms with E-state index in [1.165, 1.54) is 11.0 Å². The van der Waals surface area contributed by atoms with Gasteiger partial charge in [0.15, 0.2) is 5.03 Å². The lowest BCUT2D eigenvalue weighted by molar-refractivity contribution is 0.117. The van der Waals surface area contributed by atoms with E-state index < -0.39 is 16.1 Å². The summed E-state index contributed by atoms with van der Waals surface area (Å²) in [5, 5.41) is 17.8. The number of benzene rings is 1. The molecule has 162 valence electrons. The van der Waals surface area contributed by atoms with Gasteiger partial charge >= 0.3 is 6.09 Å². The standard InChI is InChI=1S/C21H28N4O4S/c1-21(2)13-15(14-25(21)20(26)27)11-12-17(16-7-4-3-5-8-16)23-18-9-6-10-19(24-18)30(22,28)29/h3-10,15,17H,11-14H2,1-2H3,(H,23,24)(H,26,27)(H2,22,28,29)/t15-,17?/m0/s1. The van der Waals surface area contributed by atoms with Crippen LogP contribution in [-0.2, 0) is 10.0 Å². The quantitative estimate of drug-likeness (QED) is 0.615. The van der Waals surface area contributed by atoms with E-state index in [9.17, 15) is 18.3 Å². The second-order valence-electron chi connectivity index (χ2n) is 8.37. The van der Waals surface area contributed by atoms with Gasteiger partial charge in [-0.05, 0) is 56.7 Å². The van der Waals surface area contributed by atoms with Crippen LogP contribution in [0.15, 0.2) is 53.6 Å². The molecule has 0 aliphatic carbocycles. The van der Waals surface area contributed by atoms with Crippen LogP contribution >= 0.6 is 0 Å². The largest absolute Gasteiger partial charge is 0.465 e. The number of hydrogen-bond acceptors (Lipinski definition) is 5. The molecule has 0 saturated carbocycles. The molecule has 1 aliphatic heterocycles. The zero-order valence-corrected chi connectivity index (χ0v) is 18.0. The summed E-state index contributed by atoms with van der Waals surface area (Å²) < 4.78 is 23.2. The van der Waals surface area contributed by atoms with Crippen molar-refractivity contribution in [2.75, 3.05) is 11.9 Å². The van der Waals surface area contributed by atoms with E-state index in [1.54, 1.807) is 12.1 Å². The van der Waals surface area contributed by atoms with Crippen molar-refractivity contribution in [2.24, 2.45) is 11.1 Å². The maximum Gasteiger partial charge on any atom is 0.407 e. The van der Waals surface area contributed by atoms with E-state index >= 15 is 0 Å². The van der Waals surface area contributed by atoms with Gasteiger partial charge in [0.2, 0.25) is 0 Å². The van der Waals surface area contributed by atoms with Gasteiger partial charge < -0.3 is 15.3 Å². The van der Waals surface area contributed by atoms with Crippen molar-refractivity contribution >= 4 is 21.9 Å². The first-order chi connectivity index (χ1) is 14.1. The minimum Gasteiger partial charge on any atom is -0.465 e. The van der Waals surface area contributed by atoms with Gasteiger partial charge in [-0.2, -0.15) is 0 Å². The number of likely N-dealkylation sites (tertiary alicyclic amines) is 1. The molecule has 1 saturated heterocycles. The summed E-state index contributed by atoms with van der Waals surface area (Å²) in [4.78, 5) is 17.2.